The summed E-state index contributed by atoms with van der Waals surface area (Å²) in [6.45, 7) is 4.83. The smallest absolute Gasteiger partial charge is 0.306 e. The molecule has 0 N–H and O–H groups in total. The number of nitrogens with zero attached hydrogens (tertiary/aromatic N) is 1. The van der Waals surface area contributed by atoms with E-state index in [2.05, 4.69) is 79.8 Å². The zero-order chi connectivity index (χ0) is 34.9. The number of ether oxygens (including phenoxy) is 2. The third-order valence-electron chi connectivity index (χ3n) is 6.74. The van der Waals surface area contributed by atoms with Gasteiger partial charge in [0.1, 0.15) is 19.3 Å². The van der Waals surface area contributed by atoms with Crippen LogP contribution in [0.5, 0.6) is 0 Å². The van der Waals surface area contributed by atoms with Crippen molar-refractivity contribution in [3.63, 3.8) is 0 Å². The summed E-state index contributed by atoms with van der Waals surface area (Å²) in [7, 11) is 1.32. The van der Waals surface area contributed by atoms with Crippen molar-refractivity contribution in [3.8, 4) is 0 Å². The number of carbonyl (C=O) groups is 1. The molecule has 0 aromatic carbocycles. The molecular formula is C38H66NO7P. The number of esters is 1. The highest BCUT2D eigenvalue weighted by atomic mass is 31.2. The van der Waals surface area contributed by atoms with E-state index < -0.39 is 19.9 Å². The molecule has 0 fully saturated rings. The highest BCUT2D eigenvalue weighted by molar-refractivity contribution is 7.45. The molecule has 0 saturated heterocycles. The number of unbranched alkanes of at least 4 members (excludes halogenated alkanes) is 5. The number of phosphoric acid groups is 1. The van der Waals surface area contributed by atoms with Crippen LogP contribution in [-0.4, -0.2) is 70.7 Å². The van der Waals surface area contributed by atoms with Gasteiger partial charge in [0.15, 0.2) is 0 Å². The van der Waals surface area contributed by atoms with Crippen LogP contribution in [0.25, 0.3) is 0 Å². The number of quaternary nitrogens is 1. The minimum atomic E-state index is -4.50. The van der Waals surface area contributed by atoms with Gasteiger partial charge in [-0.05, 0) is 64.2 Å². The summed E-state index contributed by atoms with van der Waals surface area (Å²) in [5.74, 6) is -0.400. The van der Waals surface area contributed by atoms with E-state index in [0.717, 1.165) is 64.2 Å². The molecular weight excluding hydrogens is 613 g/mol. The summed E-state index contributed by atoms with van der Waals surface area (Å²) in [5.41, 5.74) is 0. The van der Waals surface area contributed by atoms with Crippen LogP contribution in [0.15, 0.2) is 72.9 Å². The molecule has 0 aromatic heterocycles. The first-order valence-corrected chi connectivity index (χ1v) is 19.1. The number of phosphoric ester groups is 1. The molecule has 0 aliphatic heterocycles. The second-order valence-corrected chi connectivity index (χ2v) is 13.9. The maximum Gasteiger partial charge on any atom is 0.306 e. The fraction of sp³-hybridized carbons (Fsp3) is 0.658. The fourth-order valence-electron chi connectivity index (χ4n) is 4.05. The molecule has 0 amide bonds. The lowest BCUT2D eigenvalue weighted by atomic mass is 10.1. The number of allylic oxidation sites excluding steroid dienone is 12. The lowest BCUT2D eigenvalue weighted by Gasteiger charge is -2.28. The van der Waals surface area contributed by atoms with E-state index >= 15 is 0 Å². The van der Waals surface area contributed by atoms with Gasteiger partial charge < -0.3 is 27.9 Å². The van der Waals surface area contributed by atoms with E-state index in [-0.39, 0.29) is 26.2 Å². The zero-order valence-electron chi connectivity index (χ0n) is 30.2. The van der Waals surface area contributed by atoms with Crippen LogP contribution in [0.2, 0.25) is 0 Å². The predicted molar refractivity (Wildman–Crippen MR) is 194 cm³/mol. The summed E-state index contributed by atoms with van der Waals surface area (Å²) in [4.78, 5) is 24.1. The van der Waals surface area contributed by atoms with Gasteiger partial charge in [0.25, 0.3) is 7.82 Å². The molecule has 0 rings (SSSR count). The Morgan fingerprint density at radius 1 is 0.681 bits per heavy atom. The molecule has 0 aliphatic carbocycles. The van der Waals surface area contributed by atoms with Gasteiger partial charge in [-0.15, -0.1) is 0 Å². The van der Waals surface area contributed by atoms with Crippen molar-refractivity contribution in [1.29, 1.82) is 0 Å². The maximum absolute atomic E-state index is 12.1. The normalized spacial score (nSPS) is 14.9. The largest absolute Gasteiger partial charge is 0.756 e. The van der Waals surface area contributed by atoms with Crippen LogP contribution in [-0.2, 0) is 27.9 Å². The Kier molecular flexibility index (Phi) is 29.9. The summed E-state index contributed by atoms with van der Waals surface area (Å²) in [6.07, 6.45) is 39.3. The molecule has 0 radical (unpaired) electrons. The van der Waals surface area contributed by atoms with Crippen LogP contribution in [0.4, 0.5) is 0 Å². The van der Waals surface area contributed by atoms with Crippen LogP contribution in [0.3, 0.4) is 0 Å². The van der Waals surface area contributed by atoms with E-state index in [4.69, 9.17) is 18.5 Å². The van der Waals surface area contributed by atoms with Crippen molar-refractivity contribution in [2.45, 2.75) is 110 Å². The van der Waals surface area contributed by atoms with Gasteiger partial charge in [-0.1, -0.05) is 106 Å². The Bertz CT molecular complexity index is 979. The van der Waals surface area contributed by atoms with E-state index in [9.17, 15) is 14.3 Å². The Morgan fingerprint density at radius 3 is 1.72 bits per heavy atom. The maximum atomic E-state index is 12.1. The molecule has 0 aromatic rings. The van der Waals surface area contributed by atoms with E-state index in [1.165, 1.54) is 12.8 Å². The summed E-state index contributed by atoms with van der Waals surface area (Å²) < 4.78 is 33.7. The molecule has 0 bridgehead atoms. The minimum Gasteiger partial charge on any atom is -0.756 e. The van der Waals surface area contributed by atoms with Crippen LogP contribution in [0.1, 0.15) is 104 Å². The second-order valence-electron chi connectivity index (χ2n) is 12.5. The Morgan fingerprint density at radius 2 is 1.19 bits per heavy atom. The molecule has 0 aliphatic rings. The Balaban J connectivity index is 3.93. The molecule has 270 valence electrons. The minimum absolute atomic E-state index is 0.0163. The van der Waals surface area contributed by atoms with Gasteiger partial charge in [-0.2, -0.15) is 0 Å². The highest BCUT2D eigenvalue weighted by Gasteiger charge is 2.20. The topological polar surface area (TPSA) is 94.1 Å². The zero-order valence-corrected chi connectivity index (χ0v) is 31.1. The average molecular weight is 680 g/mol. The monoisotopic (exact) mass is 679 g/mol. The SMILES string of the molecule is CC/C=C\C/C=C\C/C=C\C/C=C\C/C=C\C/C=C\CCCCCCCOCC(COP(=O)([O-])OCC[N+](C)(C)C)OC(=O)CCC. The third kappa shape index (κ3) is 35.1. The van der Waals surface area contributed by atoms with Crippen LogP contribution >= 0.6 is 7.82 Å². The number of rotatable bonds is 31. The lowest BCUT2D eigenvalue weighted by molar-refractivity contribution is -0.870. The van der Waals surface area contributed by atoms with Crippen LogP contribution in [0, 0.1) is 0 Å². The summed E-state index contributed by atoms with van der Waals surface area (Å²) in [6, 6.07) is 0. The molecule has 2 atom stereocenters. The van der Waals surface area contributed by atoms with Gasteiger partial charge in [-0.25, -0.2) is 0 Å². The molecule has 2 unspecified atom stereocenters. The molecule has 0 spiro atoms. The van der Waals surface area contributed by atoms with E-state index in [1.54, 1.807) is 0 Å². The first-order chi connectivity index (χ1) is 22.6. The van der Waals surface area contributed by atoms with Crippen molar-refractivity contribution < 1.29 is 37.3 Å². The standard InChI is InChI=1S/C38H66NO7P/c1-6-8-9-10-11-12-13-14-15-16-17-18-19-20-21-22-23-24-25-26-27-28-29-30-33-43-35-37(46-38(40)31-7-2)36-45-47(41,42)44-34-32-39(3,4)5/h8-9,11-12,14-15,17-18,20-21,23-24,37H,6-7,10,13,16,19,22,25-36H2,1-5H3/b9-8-,12-11-,15-14-,18-17-,21-20-,24-23-. The van der Waals surface area contributed by atoms with Crippen LogP contribution < -0.4 is 4.89 Å². The van der Waals surface area contributed by atoms with Crippen molar-refractivity contribution >= 4 is 13.8 Å². The second kappa shape index (κ2) is 31.2. The molecule has 0 saturated carbocycles. The van der Waals surface area contributed by atoms with Crippen molar-refractivity contribution in [2.24, 2.45) is 0 Å². The third-order valence-corrected chi connectivity index (χ3v) is 7.71. The first kappa shape index (κ1) is 44.9. The number of likely N-dealkylation sites (N-methyl/N-ethyl adjacent to an activating group) is 1. The molecule has 9 heteroatoms. The molecule has 47 heavy (non-hydrogen) atoms. The van der Waals surface area contributed by atoms with Gasteiger partial charge in [0.05, 0.1) is 34.4 Å². The van der Waals surface area contributed by atoms with Gasteiger partial charge in [0, 0.05) is 13.0 Å². The number of hydrogen-bond donors (Lipinski definition) is 0. The Labute approximate surface area is 287 Å². The average Bonchev–Trinajstić information content (AvgIpc) is 3.00. The summed E-state index contributed by atoms with van der Waals surface area (Å²) in [5, 5.41) is 0. The summed E-state index contributed by atoms with van der Waals surface area (Å²) >= 11 is 0. The van der Waals surface area contributed by atoms with Gasteiger partial charge in [0.2, 0.25) is 0 Å². The van der Waals surface area contributed by atoms with E-state index in [0.29, 0.717) is 24.1 Å². The van der Waals surface area contributed by atoms with Gasteiger partial charge >= 0.3 is 5.97 Å². The fourth-order valence-corrected chi connectivity index (χ4v) is 4.78. The quantitative estimate of drug-likeness (QED) is 0.0237. The van der Waals surface area contributed by atoms with Crippen molar-refractivity contribution in [2.75, 3.05) is 54.1 Å². The van der Waals surface area contributed by atoms with Crippen molar-refractivity contribution in [1.82, 2.24) is 0 Å². The highest BCUT2D eigenvalue weighted by Crippen LogP contribution is 2.38. The Hall–Kier alpha value is -2.06. The molecule has 8 nitrogen and oxygen atoms in total. The van der Waals surface area contributed by atoms with Gasteiger partial charge in [-0.3, -0.25) is 9.36 Å². The predicted octanol–water partition coefficient (Wildman–Crippen LogP) is 8.96. The molecule has 0 heterocycles. The number of carbonyl (C=O) groups excluding carboxylic acids is 1. The number of hydrogen-bond acceptors (Lipinski definition) is 7. The van der Waals surface area contributed by atoms with E-state index in [1.807, 2.05) is 28.1 Å². The first-order valence-electron chi connectivity index (χ1n) is 17.7. The van der Waals surface area contributed by atoms with Crippen molar-refractivity contribution in [3.05, 3.63) is 72.9 Å². The lowest BCUT2D eigenvalue weighted by Crippen LogP contribution is -2.37.